The molecule has 0 spiro atoms. The largest absolute Gasteiger partial charge is 0.486 e. The number of nitrogens with zero attached hydrogens (tertiary/aromatic N) is 1. The SMILES string of the molecule is CCN(CC(=O)Nc1ccc2c(c1)OCCO2)C(=O)Cc1ccc(F)cc1. The van der Waals surface area contributed by atoms with E-state index >= 15 is 0 Å². The Morgan fingerprint density at radius 1 is 1.07 bits per heavy atom. The lowest BCUT2D eigenvalue weighted by Crippen LogP contribution is -2.38. The molecule has 142 valence electrons. The van der Waals surface area contributed by atoms with Crippen LogP contribution in [0.5, 0.6) is 11.5 Å². The van der Waals surface area contributed by atoms with Crippen LogP contribution in [0.4, 0.5) is 10.1 Å². The predicted molar refractivity (Wildman–Crippen MR) is 98.4 cm³/mol. The minimum Gasteiger partial charge on any atom is -0.486 e. The maximum Gasteiger partial charge on any atom is 0.243 e. The summed E-state index contributed by atoms with van der Waals surface area (Å²) in [6.45, 7) is 3.10. The van der Waals surface area contributed by atoms with Gasteiger partial charge in [-0.3, -0.25) is 9.59 Å². The van der Waals surface area contributed by atoms with Gasteiger partial charge in [-0.15, -0.1) is 0 Å². The summed E-state index contributed by atoms with van der Waals surface area (Å²) < 4.78 is 23.9. The number of halogens is 1. The lowest BCUT2D eigenvalue weighted by Gasteiger charge is -2.21. The number of carbonyl (C=O) groups is 2. The van der Waals surface area contributed by atoms with Crippen LogP contribution in [0.2, 0.25) is 0 Å². The van der Waals surface area contributed by atoms with Crippen molar-refractivity contribution in [3.8, 4) is 11.5 Å². The first-order valence-corrected chi connectivity index (χ1v) is 8.77. The monoisotopic (exact) mass is 372 g/mol. The third-order valence-corrected chi connectivity index (χ3v) is 4.16. The van der Waals surface area contributed by atoms with Gasteiger partial charge in [0, 0.05) is 18.3 Å². The second-order valence-electron chi connectivity index (χ2n) is 6.12. The molecule has 0 radical (unpaired) electrons. The zero-order valence-electron chi connectivity index (χ0n) is 15.0. The molecule has 0 saturated heterocycles. The van der Waals surface area contributed by atoms with Crippen molar-refractivity contribution in [1.29, 1.82) is 0 Å². The van der Waals surface area contributed by atoms with Crippen molar-refractivity contribution < 1.29 is 23.5 Å². The normalized spacial score (nSPS) is 12.4. The number of hydrogen-bond acceptors (Lipinski definition) is 4. The van der Waals surface area contributed by atoms with Gasteiger partial charge in [0.25, 0.3) is 0 Å². The number of nitrogens with one attached hydrogen (secondary N) is 1. The molecule has 1 aliphatic rings. The molecule has 0 atom stereocenters. The van der Waals surface area contributed by atoms with E-state index in [0.717, 1.165) is 0 Å². The van der Waals surface area contributed by atoms with Crippen LogP contribution in [-0.4, -0.2) is 43.0 Å². The highest BCUT2D eigenvalue weighted by Gasteiger charge is 2.17. The maximum atomic E-state index is 13.0. The number of benzene rings is 2. The molecule has 7 heteroatoms. The summed E-state index contributed by atoms with van der Waals surface area (Å²) in [5.74, 6) is 0.377. The average Bonchev–Trinajstić information content (AvgIpc) is 2.67. The Morgan fingerprint density at radius 2 is 1.78 bits per heavy atom. The number of ether oxygens (including phenoxy) is 2. The van der Waals surface area contributed by atoms with Crippen LogP contribution in [0.3, 0.4) is 0 Å². The van der Waals surface area contributed by atoms with E-state index in [9.17, 15) is 14.0 Å². The fourth-order valence-corrected chi connectivity index (χ4v) is 2.76. The first-order chi connectivity index (χ1) is 13.0. The fraction of sp³-hybridized carbons (Fsp3) is 0.300. The van der Waals surface area contributed by atoms with E-state index in [-0.39, 0.29) is 30.6 Å². The fourth-order valence-electron chi connectivity index (χ4n) is 2.76. The standard InChI is InChI=1S/C20H21FN2O4/c1-2-23(20(25)11-14-3-5-15(21)6-4-14)13-19(24)22-16-7-8-17-18(12-16)27-10-9-26-17/h3-8,12H,2,9-11,13H2,1H3,(H,22,24). The van der Waals surface area contributed by atoms with Gasteiger partial charge in [0.05, 0.1) is 13.0 Å². The van der Waals surface area contributed by atoms with Gasteiger partial charge in [-0.1, -0.05) is 12.1 Å². The summed E-state index contributed by atoms with van der Waals surface area (Å²) in [6, 6.07) is 10.9. The van der Waals surface area contributed by atoms with Crippen LogP contribution in [0, 0.1) is 5.82 Å². The zero-order valence-corrected chi connectivity index (χ0v) is 15.0. The third-order valence-electron chi connectivity index (χ3n) is 4.16. The minimum atomic E-state index is -0.350. The van der Waals surface area contributed by atoms with Gasteiger partial charge in [0.15, 0.2) is 11.5 Å². The number of fused-ring (bicyclic) bond motifs is 1. The smallest absolute Gasteiger partial charge is 0.243 e. The highest BCUT2D eigenvalue weighted by molar-refractivity contribution is 5.95. The number of likely N-dealkylation sites (N-methyl/N-ethyl adjacent to an activating group) is 1. The Hall–Kier alpha value is -3.09. The van der Waals surface area contributed by atoms with Crippen molar-refractivity contribution in [2.45, 2.75) is 13.3 Å². The first-order valence-electron chi connectivity index (χ1n) is 8.77. The Bertz CT molecular complexity index is 823. The van der Waals surface area contributed by atoms with Gasteiger partial charge < -0.3 is 19.7 Å². The molecule has 2 aromatic rings. The summed E-state index contributed by atoms with van der Waals surface area (Å²) >= 11 is 0. The number of amides is 2. The van der Waals surface area contributed by atoms with Crippen molar-refractivity contribution in [2.24, 2.45) is 0 Å². The number of carbonyl (C=O) groups excluding carboxylic acids is 2. The molecule has 27 heavy (non-hydrogen) atoms. The molecule has 2 amide bonds. The molecule has 0 unspecified atom stereocenters. The highest BCUT2D eigenvalue weighted by Crippen LogP contribution is 2.32. The molecule has 0 bridgehead atoms. The third kappa shape index (κ3) is 4.97. The van der Waals surface area contributed by atoms with Crippen molar-refractivity contribution >= 4 is 17.5 Å². The summed E-state index contributed by atoms with van der Waals surface area (Å²) in [5.41, 5.74) is 1.28. The Kier molecular flexibility index (Phi) is 5.90. The lowest BCUT2D eigenvalue weighted by molar-refractivity contribution is -0.133. The topological polar surface area (TPSA) is 67.9 Å². The van der Waals surface area contributed by atoms with Crippen LogP contribution >= 0.6 is 0 Å². The van der Waals surface area contributed by atoms with Gasteiger partial charge in [-0.2, -0.15) is 0 Å². The van der Waals surface area contributed by atoms with Crippen molar-refractivity contribution in [1.82, 2.24) is 4.90 Å². The second kappa shape index (κ2) is 8.53. The van der Waals surface area contributed by atoms with Crippen LogP contribution in [0.15, 0.2) is 42.5 Å². The minimum absolute atomic E-state index is 0.0645. The van der Waals surface area contributed by atoms with Gasteiger partial charge >= 0.3 is 0 Å². The van der Waals surface area contributed by atoms with Gasteiger partial charge in [0.2, 0.25) is 11.8 Å². The van der Waals surface area contributed by atoms with E-state index in [1.807, 2.05) is 0 Å². The van der Waals surface area contributed by atoms with Crippen LogP contribution < -0.4 is 14.8 Å². The molecule has 1 aliphatic heterocycles. The van der Waals surface area contributed by atoms with Crippen LogP contribution in [0.25, 0.3) is 0 Å². The van der Waals surface area contributed by atoms with Crippen molar-refractivity contribution in [2.75, 3.05) is 31.6 Å². The van der Waals surface area contributed by atoms with Gasteiger partial charge in [0.1, 0.15) is 19.0 Å². The molecule has 0 saturated carbocycles. The quantitative estimate of drug-likeness (QED) is 0.847. The highest BCUT2D eigenvalue weighted by atomic mass is 19.1. The van der Waals surface area contributed by atoms with Crippen molar-refractivity contribution in [3.05, 3.63) is 53.8 Å². The van der Waals surface area contributed by atoms with E-state index in [1.165, 1.54) is 17.0 Å². The van der Waals surface area contributed by atoms with E-state index in [4.69, 9.17) is 9.47 Å². The zero-order chi connectivity index (χ0) is 19.2. The molecule has 3 rings (SSSR count). The Balaban J connectivity index is 1.57. The second-order valence-corrected chi connectivity index (χ2v) is 6.12. The van der Waals surface area contributed by atoms with Crippen LogP contribution in [0.1, 0.15) is 12.5 Å². The summed E-state index contributed by atoms with van der Waals surface area (Å²) in [4.78, 5) is 26.2. The number of rotatable bonds is 6. The van der Waals surface area contributed by atoms with E-state index in [0.29, 0.717) is 42.5 Å². The first kappa shape index (κ1) is 18.7. The summed E-state index contributed by atoms with van der Waals surface area (Å²) in [7, 11) is 0. The molecule has 1 N–H and O–H groups in total. The van der Waals surface area contributed by atoms with E-state index < -0.39 is 0 Å². The van der Waals surface area contributed by atoms with Crippen molar-refractivity contribution in [3.63, 3.8) is 0 Å². The lowest BCUT2D eigenvalue weighted by atomic mass is 10.1. The summed E-state index contributed by atoms with van der Waals surface area (Å²) in [6.07, 6.45) is 0.116. The number of anilines is 1. The Labute approximate surface area is 156 Å². The Morgan fingerprint density at radius 3 is 2.48 bits per heavy atom. The molecule has 0 fully saturated rings. The van der Waals surface area contributed by atoms with E-state index in [1.54, 1.807) is 37.3 Å². The summed E-state index contributed by atoms with van der Waals surface area (Å²) in [5, 5.41) is 2.77. The molecular formula is C20H21FN2O4. The molecule has 0 aromatic heterocycles. The average molecular weight is 372 g/mol. The predicted octanol–water partition coefficient (Wildman–Crippen LogP) is 2.63. The molecule has 1 heterocycles. The van der Waals surface area contributed by atoms with Gasteiger partial charge in [-0.05, 0) is 36.8 Å². The number of hydrogen-bond donors (Lipinski definition) is 1. The molecule has 2 aromatic carbocycles. The molecule has 6 nitrogen and oxygen atoms in total. The van der Waals surface area contributed by atoms with E-state index in [2.05, 4.69) is 5.32 Å². The molecular weight excluding hydrogens is 351 g/mol. The van der Waals surface area contributed by atoms with Crippen LogP contribution in [-0.2, 0) is 16.0 Å². The molecule has 0 aliphatic carbocycles. The maximum absolute atomic E-state index is 13.0. The van der Waals surface area contributed by atoms with Gasteiger partial charge in [-0.25, -0.2) is 4.39 Å².